The highest BCUT2D eigenvalue weighted by atomic mass is 16.5. The first-order valence-corrected chi connectivity index (χ1v) is 12.5. The van der Waals surface area contributed by atoms with Gasteiger partial charge in [-0.2, -0.15) is 0 Å². The molecule has 0 unspecified atom stereocenters. The average molecular weight is 504 g/mol. The molecule has 0 saturated heterocycles. The smallest absolute Gasteiger partial charge is 0.259 e. The van der Waals surface area contributed by atoms with Gasteiger partial charge in [0.05, 0.1) is 39.0 Å². The number of carbonyl (C=O) groups excluding carboxylic acids is 2. The maximum atomic E-state index is 13.8. The van der Waals surface area contributed by atoms with E-state index in [1.165, 1.54) is 11.8 Å². The third-order valence-electron chi connectivity index (χ3n) is 7.29. The Balaban J connectivity index is 1.80. The van der Waals surface area contributed by atoms with E-state index in [2.05, 4.69) is 36.0 Å². The normalized spacial score (nSPS) is 16.7. The van der Waals surface area contributed by atoms with Gasteiger partial charge in [0.2, 0.25) is 11.7 Å². The van der Waals surface area contributed by atoms with Gasteiger partial charge in [0.15, 0.2) is 11.5 Å². The topological polar surface area (TPSA) is 82.0 Å². The third-order valence-corrected chi connectivity index (χ3v) is 7.29. The van der Waals surface area contributed by atoms with Crippen LogP contribution in [0.2, 0.25) is 0 Å². The van der Waals surface area contributed by atoms with Gasteiger partial charge < -0.3 is 24.1 Å². The maximum absolute atomic E-state index is 13.8. The summed E-state index contributed by atoms with van der Waals surface area (Å²) in [7, 11) is 4.72. The Kier molecular flexibility index (Phi) is 6.35. The Hall–Kier alpha value is -3.94. The predicted molar refractivity (Wildman–Crippen MR) is 142 cm³/mol. The van der Waals surface area contributed by atoms with Crippen molar-refractivity contribution < 1.29 is 23.8 Å². The van der Waals surface area contributed by atoms with Crippen LogP contribution in [0.5, 0.6) is 17.2 Å². The monoisotopic (exact) mass is 503 g/mol. The number of carbonyl (C=O) groups is 2. The second kappa shape index (κ2) is 9.50. The lowest BCUT2D eigenvalue weighted by Crippen LogP contribution is -2.33. The van der Waals surface area contributed by atoms with Crippen LogP contribution in [-0.4, -0.2) is 49.2 Å². The Bertz CT molecular complexity index is 1410. The fourth-order valence-electron chi connectivity index (χ4n) is 5.47. The van der Waals surface area contributed by atoms with Gasteiger partial charge in [-0.3, -0.25) is 14.5 Å². The summed E-state index contributed by atoms with van der Waals surface area (Å²) in [6, 6.07) is 9.97. The van der Waals surface area contributed by atoms with Crippen LogP contribution in [0.4, 0.5) is 5.69 Å². The molecule has 2 aliphatic rings. The van der Waals surface area contributed by atoms with E-state index >= 15 is 0 Å². The predicted octanol–water partition coefficient (Wildman–Crippen LogP) is 4.91. The van der Waals surface area contributed by atoms with Crippen LogP contribution >= 0.6 is 0 Å². The molecule has 0 bridgehead atoms. The van der Waals surface area contributed by atoms with Gasteiger partial charge >= 0.3 is 0 Å². The lowest BCUT2D eigenvalue weighted by molar-refractivity contribution is -0.139. The molecule has 2 aliphatic heterocycles. The number of benzene rings is 2. The van der Waals surface area contributed by atoms with Crippen molar-refractivity contribution in [1.82, 2.24) is 9.47 Å². The van der Waals surface area contributed by atoms with E-state index in [1.54, 1.807) is 21.3 Å². The van der Waals surface area contributed by atoms with Crippen molar-refractivity contribution in [1.29, 1.82) is 0 Å². The Morgan fingerprint density at radius 1 is 1.11 bits per heavy atom. The first-order valence-electron chi connectivity index (χ1n) is 12.5. The van der Waals surface area contributed by atoms with Crippen molar-refractivity contribution in [3.63, 3.8) is 0 Å². The summed E-state index contributed by atoms with van der Waals surface area (Å²) < 4.78 is 19.1. The zero-order valence-corrected chi connectivity index (χ0v) is 22.2. The van der Waals surface area contributed by atoms with E-state index in [4.69, 9.17) is 14.2 Å². The average Bonchev–Trinajstić information content (AvgIpc) is 3.36. The van der Waals surface area contributed by atoms with Crippen LogP contribution in [0.25, 0.3) is 10.9 Å². The van der Waals surface area contributed by atoms with Crippen molar-refractivity contribution in [2.24, 2.45) is 5.92 Å². The number of aromatic nitrogens is 1. The largest absolute Gasteiger partial charge is 0.493 e. The number of hydrogen-bond donors (Lipinski definition) is 1. The first kappa shape index (κ1) is 24.7. The molecule has 3 heterocycles. The van der Waals surface area contributed by atoms with Gasteiger partial charge in [-0.05, 0) is 47.7 Å². The van der Waals surface area contributed by atoms with Crippen LogP contribution in [0.15, 0.2) is 47.8 Å². The second-order valence-corrected chi connectivity index (χ2v) is 9.98. The van der Waals surface area contributed by atoms with Crippen molar-refractivity contribution in [2.45, 2.75) is 39.7 Å². The van der Waals surface area contributed by atoms with Gasteiger partial charge in [0, 0.05) is 42.4 Å². The fourth-order valence-corrected chi connectivity index (χ4v) is 5.47. The summed E-state index contributed by atoms with van der Waals surface area (Å²) in [5.74, 6) is 1.04. The van der Waals surface area contributed by atoms with Crippen molar-refractivity contribution in [2.75, 3.05) is 33.2 Å². The van der Waals surface area contributed by atoms with Crippen LogP contribution < -0.4 is 19.5 Å². The van der Waals surface area contributed by atoms with Gasteiger partial charge in [0.1, 0.15) is 0 Å². The van der Waals surface area contributed by atoms with Crippen molar-refractivity contribution >= 4 is 28.4 Å². The molecule has 1 atom stereocenters. The third kappa shape index (κ3) is 4.00. The van der Waals surface area contributed by atoms with Crippen LogP contribution in [0.1, 0.15) is 44.2 Å². The highest BCUT2D eigenvalue weighted by Gasteiger charge is 2.42. The quantitative estimate of drug-likeness (QED) is 0.493. The summed E-state index contributed by atoms with van der Waals surface area (Å²) in [5.41, 5.74) is 5.15. The molecule has 194 valence electrons. The van der Waals surface area contributed by atoms with Crippen LogP contribution in [0, 0.1) is 5.92 Å². The number of methoxy groups -OCH3 is 3. The molecule has 0 aliphatic carbocycles. The molecule has 1 N–H and O–H groups in total. The van der Waals surface area contributed by atoms with Crippen molar-refractivity contribution in [3.8, 4) is 17.2 Å². The zero-order valence-electron chi connectivity index (χ0n) is 22.2. The number of ether oxygens (including phenoxy) is 3. The van der Waals surface area contributed by atoms with Gasteiger partial charge in [-0.15, -0.1) is 0 Å². The minimum atomic E-state index is -0.445. The van der Waals surface area contributed by atoms with Crippen LogP contribution in [0.3, 0.4) is 0 Å². The fraction of sp³-hybridized carbons (Fsp3) is 0.379. The molecule has 5 rings (SSSR count). The number of aryl methyl sites for hydroxylation is 1. The highest BCUT2D eigenvalue weighted by molar-refractivity contribution is 6.11. The molecular formula is C29H33N3O5. The molecule has 37 heavy (non-hydrogen) atoms. The maximum Gasteiger partial charge on any atom is 0.259 e. The van der Waals surface area contributed by atoms with E-state index in [0.717, 1.165) is 46.4 Å². The summed E-state index contributed by atoms with van der Waals surface area (Å²) in [5, 5.41) is 4.59. The van der Waals surface area contributed by atoms with E-state index in [1.807, 2.05) is 24.3 Å². The minimum Gasteiger partial charge on any atom is -0.493 e. The Morgan fingerprint density at radius 2 is 1.81 bits per heavy atom. The number of imide groups is 1. The SMILES string of the molecule is COc1cc([C@@H]2C3=C(CN(C(C)=O)C3=O)Nc3cccc4c3c2cn4CCC(C)C)cc(OC)c1OC. The molecule has 2 amide bonds. The standard InChI is InChI=1S/C29H33N3O5/c1-16(2)10-11-31-14-19-25(18-12-23(35-4)28(37-6)24(13-18)36-5)27-21(15-32(17(3)33)29(27)34)30-20-8-7-9-22(31)26(19)20/h7-9,12-14,16,25,30H,10-11,15H2,1-6H3/t25-/m0/s1. The van der Waals surface area contributed by atoms with E-state index in [-0.39, 0.29) is 18.4 Å². The van der Waals surface area contributed by atoms with E-state index in [0.29, 0.717) is 28.7 Å². The Morgan fingerprint density at radius 3 is 2.41 bits per heavy atom. The van der Waals surface area contributed by atoms with E-state index < -0.39 is 5.92 Å². The number of anilines is 1. The summed E-state index contributed by atoms with van der Waals surface area (Å²) in [6.07, 6.45) is 3.19. The lowest BCUT2D eigenvalue weighted by Gasteiger charge is -2.22. The highest BCUT2D eigenvalue weighted by Crippen LogP contribution is 2.49. The number of nitrogens with zero attached hydrogens (tertiary/aromatic N) is 2. The number of amides is 2. The summed E-state index contributed by atoms with van der Waals surface area (Å²) >= 11 is 0. The van der Waals surface area contributed by atoms with Crippen LogP contribution in [-0.2, 0) is 16.1 Å². The van der Waals surface area contributed by atoms with Crippen molar-refractivity contribution in [3.05, 3.63) is 58.9 Å². The minimum absolute atomic E-state index is 0.207. The molecule has 0 radical (unpaired) electrons. The number of rotatable bonds is 7. The molecule has 2 aromatic carbocycles. The zero-order chi connectivity index (χ0) is 26.4. The molecular weight excluding hydrogens is 470 g/mol. The van der Waals surface area contributed by atoms with Gasteiger partial charge in [-0.25, -0.2) is 0 Å². The molecule has 3 aromatic rings. The van der Waals surface area contributed by atoms with E-state index in [9.17, 15) is 9.59 Å². The van der Waals surface area contributed by atoms with Gasteiger partial charge in [-0.1, -0.05) is 19.9 Å². The molecule has 8 nitrogen and oxygen atoms in total. The molecule has 0 spiro atoms. The second-order valence-electron chi connectivity index (χ2n) is 9.98. The Labute approximate surface area is 216 Å². The molecule has 0 saturated carbocycles. The summed E-state index contributed by atoms with van der Waals surface area (Å²) in [4.78, 5) is 27.4. The number of nitrogens with one attached hydrogen (secondary N) is 1. The number of hydrogen-bond acceptors (Lipinski definition) is 6. The summed E-state index contributed by atoms with van der Waals surface area (Å²) in [6.45, 7) is 6.92. The lowest BCUT2D eigenvalue weighted by atomic mass is 9.84. The molecule has 0 fully saturated rings. The first-order chi connectivity index (χ1) is 17.8. The van der Waals surface area contributed by atoms with Gasteiger partial charge in [0.25, 0.3) is 5.91 Å². The molecule has 8 heteroatoms. The molecule has 1 aromatic heterocycles.